The number of hydrogen-bond donors (Lipinski definition) is 0. The van der Waals surface area contributed by atoms with E-state index in [1.54, 1.807) is 18.5 Å². The molecule has 20 heavy (non-hydrogen) atoms. The first-order valence-corrected chi connectivity index (χ1v) is 6.26. The quantitative estimate of drug-likeness (QED) is 0.839. The van der Waals surface area contributed by atoms with Crippen molar-refractivity contribution in [2.24, 2.45) is 5.10 Å². The molecule has 3 rings (SSSR count). The van der Waals surface area contributed by atoms with Gasteiger partial charge in [0.15, 0.2) is 0 Å². The number of amides is 1. The molecule has 100 valence electrons. The van der Waals surface area contributed by atoms with E-state index < -0.39 is 6.23 Å². The van der Waals surface area contributed by atoms with Gasteiger partial charge in [0.05, 0.1) is 0 Å². The van der Waals surface area contributed by atoms with E-state index in [-0.39, 0.29) is 5.91 Å². The number of benzene rings is 1. The van der Waals surface area contributed by atoms with Gasteiger partial charge >= 0.3 is 0 Å². The monoisotopic (exact) mass is 267 g/mol. The lowest BCUT2D eigenvalue weighted by Crippen LogP contribution is -2.25. The molecular weight excluding hydrogens is 254 g/mol. The van der Waals surface area contributed by atoms with Crippen molar-refractivity contribution < 1.29 is 9.53 Å². The lowest BCUT2D eigenvalue weighted by atomic mass is 10.2. The third kappa shape index (κ3) is 2.25. The van der Waals surface area contributed by atoms with Crippen molar-refractivity contribution in [3.8, 4) is 0 Å². The number of ether oxygens (including phenoxy) is 1. The predicted octanol–water partition coefficient (Wildman–Crippen LogP) is 2.32. The summed E-state index contributed by atoms with van der Waals surface area (Å²) in [5, 5.41) is 5.60. The van der Waals surface area contributed by atoms with E-state index in [0.717, 1.165) is 11.1 Å². The summed E-state index contributed by atoms with van der Waals surface area (Å²) >= 11 is 0. The van der Waals surface area contributed by atoms with Crippen LogP contribution in [0, 0.1) is 0 Å². The van der Waals surface area contributed by atoms with E-state index in [1.165, 1.54) is 11.9 Å². The van der Waals surface area contributed by atoms with Crippen molar-refractivity contribution in [3.05, 3.63) is 66.0 Å². The Labute approximate surface area is 116 Å². The van der Waals surface area contributed by atoms with E-state index >= 15 is 0 Å². The Balaban J connectivity index is 1.94. The first kappa shape index (κ1) is 12.3. The second kappa shape index (κ2) is 5.13. The van der Waals surface area contributed by atoms with Crippen LogP contribution < -0.4 is 0 Å². The van der Waals surface area contributed by atoms with Gasteiger partial charge in [-0.2, -0.15) is 5.01 Å². The molecule has 0 bridgehead atoms. The predicted molar refractivity (Wildman–Crippen MR) is 73.6 cm³/mol. The van der Waals surface area contributed by atoms with Gasteiger partial charge in [-0.15, -0.1) is 5.10 Å². The van der Waals surface area contributed by atoms with Crippen molar-refractivity contribution in [1.29, 1.82) is 0 Å². The molecule has 2 heterocycles. The molecule has 0 fully saturated rings. The molecular formula is C15H13N3O2. The van der Waals surface area contributed by atoms with Crippen LogP contribution in [0.4, 0.5) is 0 Å². The van der Waals surface area contributed by atoms with E-state index in [1.807, 2.05) is 36.4 Å². The van der Waals surface area contributed by atoms with Gasteiger partial charge in [0.2, 0.25) is 18.0 Å². The van der Waals surface area contributed by atoms with Gasteiger partial charge in [-0.1, -0.05) is 24.3 Å². The minimum atomic E-state index is -0.559. The zero-order valence-electron chi connectivity index (χ0n) is 10.9. The molecule has 1 aliphatic rings. The summed E-state index contributed by atoms with van der Waals surface area (Å²) in [6, 6.07) is 13.2. The number of carbonyl (C=O) groups excluding carboxylic acids is 1. The van der Waals surface area contributed by atoms with Crippen molar-refractivity contribution in [2.75, 3.05) is 0 Å². The first-order chi connectivity index (χ1) is 9.75. The van der Waals surface area contributed by atoms with Gasteiger partial charge in [-0.3, -0.25) is 9.78 Å². The largest absolute Gasteiger partial charge is 0.446 e. The molecule has 0 saturated carbocycles. The van der Waals surface area contributed by atoms with Crippen molar-refractivity contribution in [3.63, 3.8) is 0 Å². The molecule has 1 aliphatic heterocycles. The van der Waals surface area contributed by atoms with Crippen LogP contribution in [0.2, 0.25) is 0 Å². The highest BCUT2D eigenvalue weighted by Crippen LogP contribution is 2.29. The number of nitrogens with zero attached hydrogens (tertiary/aromatic N) is 3. The highest BCUT2D eigenvalue weighted by molar-refractivity contribution is 5.96. The molecule has 0 saturated heterocycles. The highest BCUT2D eigenvalue weighted by atomic mass is 16.5. The Morgan fingerprint density at radius 1 is 1.20 bits per heavy atom. The van der Waals surface area contributed by atoms with Crippen LogP contribution in [-0.4, -0.2) is 21.8 Å². The third-order valence-electron chi connectivity index (χ3n) is 2.96. The van der Waals surface area contributed by atoms with Gasteiger partial charge in [0.25, 0.3) is 0 Å². The fourth-order valence-corrected chi connectivity index (χ4v) is 2.00. The summed E-state index contributed by atoms with van der Waals surface area (Å²) < 4.78 is 5.82. The Kier molecular flexibility index (Phi) is 3.16. The lowest BCUT2D eigenvalue weighted by Gasteiger charge is -2.18. The fourth-order valence-electron chi connectivity index (χ4n) is 2.00. The molecule has 5 heteroatoms. The number of hydrazone groups is 1. The second-order valence-corrected chi connectivity index (χ2v) is 4.39. The fraction of sp³-hybridized carbons (Fsp3) is 0.133. The van der Waals surface area contributed by atoms with Gasteiger partial charge in [-0.25, -0.2) is 0 Å². The lowest BCUT2D eigenvalue weighted by molar-refractivity contribution is -0.135. The standard InChI is InChI=1S/C15H13N3O2/c1-11(19)18-15(13-8-5-9-16-10-13)20-14(17-18)12-6-3-2-4-7-12/h2-10,15H,1H3/t15-/m0/s1. The van der Waals surface area contributed by atoms with Crippen LogP contribution in [0.3, 0.4) is 0 Å². The number of aromatic nitrogens is 1. The van der Waals surface area contributed by atoms with E-state index in [0.29, 0.717) is 5.90 Å². The number of carbonyl (C=O) groups is 1. The Morgan fingerprint density at radius 2 is 2.00 bits per heavy atom. The van der Waals surface area contributed by atoms with Gasteiger partial charge in [0, 0.05) is 30.4 Å². The van der Waals surface area contributed by atoms with Crippen LogP contribution in [0.5, 0.6) is 0 Å². The summed E-state index contributed by atoms with van der Waals surface area (Å²) in [6.45, 7) is 1.46. The van der Waals surface area contributed by atoms with E-state index in [4.69, 9.17) is 4.74 Å². The number of hydrogen-bond acceptors (Lipinski definition) is 4. The maximum Gasteiger partial charge on any atom is 0.243 e. The smallest absolute Gasteiger partial charge is 0.243 e. The summed E-state index contributed by atoms with van der Waals surface area (Å²) in [6.07, 6.45) is 2.79. The molecule has 5 nitrogen and oxygen atoms in total. The highest BCUT2D eigenvalue weighted by Gasteiger charge is 2.32. The van der Waals surface area contributed by atoms with Crippen LogP contribution >= 0.6 is 0 Å². The molecule has 0 radical (unpaired) electrons. The van der Waals surface area contributed by atoms with Crippen LogP contribution in [-0.2, 0) is 9.53 Å². The third-order valence-corrected chi connectivity index (χ3v) is 2.96. The molecule has 0 N–H and O–H groups in total. The minimum Gasteiger partial charge on any atom is -0.446 e. The topological polar surface area (TPSA) is 54.8 Å². The van der Waals surface area contributed by atoms with Gasteiger partial charge in [0.1, 0.15) is 0 Å². The number of pyridine rings is 1. The van der Waals surface area contributed by atoms with Crippen LogP contribution in [0.1, 0.15) is 24.3 Å². The van der Waals surface area contributed by atoms with Gasteiger partial charge < -0.3 is 4.74 Å². The molecule has 0 spiro atoms. The van der Waals surface area contributed by atoms with Gasteiger partial charge in [-0.05, 0) is 18.2 Å². The number of rotatable bonds is 2. The SMILES string of the molecule is CC(=O)N1N=C(c2ccccc2)O[C@H]1c1cccnc1. The maximum atomic E-state index is 11.7. The summed E-state index contributed by atoms with van der Waals surface area (Å²) in [7, 11) is 0. The average molecular weight is 267 g/mol. The second-order valence-electron chi connectivity index (χ2n) is 4.39. The molecule has 1 atom stereocenters. The first-order valence-electron chi connectivity index (χ1n) is 6.26. The van der Waals surface area contributed by atoms with Crippen molar-refractivity contribution in [1.82, 2.24) is 9.99 Å². The van der Waals surface area contributed by atoms with E-state index in [2.05, 4.69) is 10.1 Å². The summed E-state index contributed by atoms with van der Waals surface area (Å²) in [5.74, 6) is 0.263. The molecule has 2 aromatic rings. The molecule has 0 aliphatic carbocycles. The Hall–Kier alpha value is -2.69. The minimum absolute atomic E-state index is 0.176. The van der Waals surface area contributed by atoms with Crippen LogP contribution in [0.25, 0.3) is 0 Å². The normalized spacial score (nSPS) is 17.6. The Morgan fingerprint density at radius 3 is 2.65 bits per heavy atom. The maximum absolute atomic E-state index is 11.7. The zero-order valence-corrected chi connectivity index (χ0v) is 10.9. The van der Waals surface area contributed by atoms with Crippen molar-refractivity contribution in [2.45, 2.75) is 13.2 Å². The van der Waals surface area contributed by atoms with E-state index in [9.17, 15) is 4.79 Å². The molecule has 1 aromatic heterocycles. The average Bonchev–Trinajstić information content (AvgIpc) is 2.94. The van der Waals surface area contributed by atoms with Crippen LogP contribution in [0.15, 0.2) is 60.0 Å². The molecule has 1 aromatic carbocycles. The Bertz CT molecular complexity index is 641. The summed E-state index contributed by atoms with van der Waals surface area (Å²) in [4.78, 5) is 15.8. The van der Waals surface area contributed by atoms with Crippen molar-refractivity contribution >= 4 is 11.8 Å². The zero-order chi connectivity index (χ0) is 13.9. The molecule has 0 unspecified atom stereocenters. The molecule has 1 amide bonds. The summed E-state index contributed by atoms with van der Waals surface area (Å²) in [5.41, 5.74) is 1.63.